The maximum Gasteiger partial charge on any atom is 0.132 e. The fraction of sp³-hybridized carbons (Fsp3) is 0.333. The van der Waals surface area contributed by atoms with E-state index < -0.39 is 0 Å². The summed E-state index contributed by atoms with van der Waals surface area (Å²) in [7, 11) is 1.91. The normalized spacial score (nSPS) is 12.7. The molecule has 0 aromatic carbocycles. The molecule has 0 amide bonds. The van der Waals surface area contributed by atoms with E-state index in [1.807, 2.05) is 25.5 Å². The van der Waals surface area contributed by atoms with Gasteiger partial charge < -0.3 is 9.88 Å². The average Bonchev–Trinajstić information content (AvgIpc) is 2.81. The van der Waals surface area contributed by atoms with E-state index in [1.165, 1.54) is 0 Å². The first-order valence-electron chi connectivity index (χ1n) is 5.66. The zero-order chi connectivity index (χ0) is 13.1. The molecule has 0 bridgehead atoms. The summed E-state index contributed by atoms with van der Waals surface area (Å²) in [5.74, 6) is 0.968. The van der Waals surface area contributed by atoms with Gasteiger partial charge in [0, 0.05) is 34.1 Å². The quantitative estimate of drug-likeness (QED) is 0.895. The van der Waals surface area contributed by atoms with E-state index in [0.29, 0.717) is 0 Å². The van der Waals surface area contributed by atoms with Gasteiger partial charge in [-0.15, -0.1) is 0 Å². The number of hydrogen-bond donors (Lipinski definition) is 1. The first-order valence-corrected chi connectivity index (χ1v) is 7.25. The molecule has 0 saturated heterocycles. The third kappa shape index (κ3) is 2.65. The summed E-state index contributed by atoms with van der Waals surface area (Å²) in [5, 5.41) is 3.26. The molecule has 0 fully saturated rings. The minimum absolute atomic E-state index is 0.0255. The summed E-state index contributed by atoms with van der Waals surface area (Å²) in [4.78, 5) is 8.90. The Morgan fingerprint density at radius 1 is 1.39 bits per heavy atom. The second-order valence-electron chi connectivity index (χ2n) is 3.81. The molecule has 96 valence electrons. The number of hydrogen-bond acceptors (Lipinski definition) is 3. The van der Waals surface area contributed by atoms with E-state index in [1.54, 1.807) is 6.20 Å². The Kier molecular flexibility index (Phi) is 4.53. The zero-order valence-electron chi connectivity index (χ0n) is 10.2. The summed E-state index contributed by atoms with van der Waals surface area (Å²) in [6.07, 6.45) is 5.59. The highest BCUT2D eigenvalue weighted by atomic mass is 79.9. The summed E-state index contributed by atoms with van der Waals surface area (Å²) < 4.78 is 4.02. The van der Waals surface area contributed by atoms with E-state index in [-0.39, 0.29) is 6.04 Å². The lowest BCUT2D eigenvalue weighted by molar-refractivity contribution is 0.577. The SMILES string of the molecule is CCn1ccnc1C(NC)c1ncc(Br)cc1Br. The molecule has 18 heavy (non-hydrogen) atoms. The standard InChI is InChI=1S/C12H14Br2N4/c1-3-18-5-4-16-12(18)11(15-2)10-9(14)6-8(13)7-17-10/h4-7,11,15H,3H2,1-2H3. The molecule has 4 nitrogen and oxygen atoms in total. The Bertz CT molecular complexity index is 539. The fourth-order valence-corrected chi connectivity index (χ4v) is 3.09. The van der Waals surface area contributed by atoms with E-state index in [9.17, 15) is 0 Å². The maximum atomic E-state index is 4.47. The molecule has 0 spiro atoms. The number of aromatic nitrogens is 3. The van der Waals surface area contributed by atoms with Crippen LogP contribution in [-0.2, 0) is 6.54 Å². The highest BCUT2D eigenvalue weighted by Crippen LogP contribution is 2.27. The molecule has 2 rings (SSSR count). The Labute approximate surface area is 123 Å². The van der Waals surface area contributed by atoms with Crippen LogP contribution in [0.3, 0.4) is 0 Å². The maximum absolute atomic E-state index is 4.47. The highest BCUT2D eigenvalue weighted by molar-refractivity contribution is 9.11. The van der Waals surface area contributed by atoms with Crippen LogP contribution in [0.2, 0.25) is 0 Å². The van der Waals surface area contributed by atoms with Gasteiger partial charge in [-0.3, -0.25) is 4.98 Å². The van der Waals surface area contributed by atoms with Crippen molar-refractivity contribution in [1.82, 2.24) is 19.9 Å². The van der Waals surface area contributed by atoms with Gasteiger partial charge in [0.15, 0.2) is 0 Å². The summed E-state index contributed by atoms with van der Waals surface area (Å²) in [5.41, 5.74) is 0.932. The fourth-order valence-electron chi connectivity index (χ4n) is 1.87. The summed E-state index contributed by atoms with van der Waals surface area (Å²) in [6, 6.07) is 1.97. The molecular formula is C12H14Br2N4. The number of nitrogens with zero attached hydrogens (tertiary/aromatic N) is 3. The largest absolute Gasteiger partial charge is 0.334 e. The highest BCUT2D eigenvalue weighted by Gasteiger charge is 2.20. The van der Waals surface area contributed by atoms with Crippen molar-refractivity contribution >= 4 is 31.9 Å². The Balaban J connectivity index is 2.45. The van der Waals surface area contributed by atoms with Crippen molar-refractivity contribution in [3.05, 3.63) is 45.1 Å². The molecule has 2 aromatic rings. The third-order valence-electron chi connectivity index (χ3n) is 2.74. The summed E-state index contributed by atoms with van der Waals surface area (Å²) >= 11 is 6.96. The van der Waals surface area contributed by atoms with Crippen LogP contribution in [0.5, 0.6) is 0 Å². The van der Waals surface area contributed by atoms with Crippen LogP contribution in [-0.4, -0.2) is 21.6 Å². The number of halogens is 2. The van der Waals surface area contributed by atoms with Crippen molar-refractivity contribution in [2.75, 3.05) is 7.05 Å². The number of nitrogens with one attached hydrogen (secondary N) is 1. The first-order chi connectivity index (χ1) is 8.67. The molecule has 1 unspecified atom stereocenters. The topological polar surface area (TPSA) is 42.7 Å². The minimum Gasteiger partial charge on any atom is -0.334 e. The van der Waals surface area contributed by atoms with Crippen LogP contribution in [0.15, 0.2) is 33.6 Å². The van der Waals surface area contributed by atoms with Gasteiger partial charge in [-0.1, -0.05) is 0 Å². The van der Waals surface area contributed by atoms with E-state index in [2.05, 4.69) is 58.6 Å². The molecule has 0 aliphatic heterocycles. The lowest BCUT2D eigenvalue weighted by Crippen LogP contribution is -2.23. The lowest BCUT2D eigenvalue weighted by atomic mass is 10.1. The molecular weight excluding hydrogens is 360 g/mol. The first kappa shape index (κ1) is 13.7. The number of pyridine rings is 1. The van der Waals surface area contributed by atoms with Crippen molar-refractivity contribution in [3.8, 4) is 0 Å². The van der Waals surface area contributed by atoms with Gasteiger partial charge in [-0.05, 0) is 51.9 Å². The molecule has 2 heterocycles. The molecule has 1 atom stereocenters. The average molecular weight is 374 g/mol. The van der Waals surface area contributed by atoms with Gasteiger partial charge in [-0.25, -0.2) is 4.98 Å². The molecule has 0 radical (unpaired) electrons. The van der Waals surface area contributed by atoms with Gasteiger partial charge in [0.25, 0.3) is 0 Å². The van der Waals surface area contributed by atoms with E-state index in [4.69, 9.17) is 0 Å². The number of aryl methyl sites for hydroxylation is 1. The molecule has 6 heteroatoms. The Morgan fingerprint density at radius 2 is 2.17 bits per heavy atom. The van der Waals surface area contributed by atoms with E-state index in [0.717, 1.165) is 27.0 Å². The molecule has 0 aliphatic carbocycles. The van der Waals surface area contributed by atoms with Gasteiger partial charge in [0.1, 0.15) is 11.9 Å². The lowest BCUT2D eigenvalue weighted by Gasteiger charge is -2.18. The smallest absolute Gasteiger partial charge is 0.132 e. The van der Waals surface area contributed by atoms with Crippen LogP contribution < -0.4 is 5.32 Å². The minimum atomic E-state index is -0.0255. The number of imidazole rings is 1. The second kappa shape index (κ2) is 5.95. The van der Waals surface area contributed by atoms with Crippen LogP contribution in [0, 0.1) is 0 Å². The molecule has 1 N–H and O–H groups in total. The zero-order valence-corrected chi connectivity index (χ0v) is 13.4. The van der Waals surface area contributed by atoms with Crippen molar-refractivity contribution in [2.45, 2.75) is 19.5 Å². The molecule has 0 saturated carbocycles. The monoisotopic (exact) mass is 372 g/mol. The van der Waals surface area contributed by atoms with Gasteiger partial charge in [-0.2, -0.15) is 0 Å². The van der Waals surface area contributed by atoms with Gasteiger partial charge >= 0.3 is 0 Å². The van der Waals surface area contributed by atoms with Crippen molar-refractivity contribution in [1.29, 1.82) is 0 Å². The van der Waals surface area contributed by atoms with E-state index >= 15 is 0 Å². The van der Waals surface area contributed by atoms with Crippen molar-refractivity contribution in [3.63, 3.8) is 0 Å². The van der Waals surface area contributed by atoms with Crippen LogP contribution in [0.25, 0.3) is 0 Å². The van der Waals surface area contributed by atoms with Crippen LogP contribution in [0.1, 0.15) is 24.5 Å². The van der Waals surface area contributed by atoms with Gasteiger partial charge in [0.2, 0.25) is 0 Å². The predicted molar refractivity (Wildman–Crippen MR) is 78.4 cm³/mol. The molecule has 2 aromatic heterocycles. The van der Waals surface area contributed by atoms with Crippen LogP contribution >= 0.6 is 31.9 Å². The van der Waals surface area contributed by atoms with Gasteiger partial charge in [0.05, 0.1) is 5.69 Å². The van der Waals surface area contributed by atoms with Crippen molar-refractivity contribution < 1.29 is 0 Å². The Hall–Kier alpha value is -0.720. The van der Waals surface area contributed by atoms with Crippen LogP contribution in [0.4, 0.5) is 0 Å². The Morgan fingerprint density at radius 3 is 2.78 bits per heavy atom. The van der Waals surface area contributed by atoms with Crippen molar-refractivity contribution in [2.24, 2.45) is 0 Å². The second-order valence-corrected chi connectivity index (χ2v) is 5.58. The summed E-state index contributed by atoms with van der Waals surface area (Å²) in [6.45, 7) is 2.99. The predicted octanol–water partition coefficient (Wildman–Crippen LogP) is 3.13. The molecule has 0 aliphatic rings. The third-order valence-corrected chi connectivity index (χ3v) is 3.81. The number of rotatable bonds is 4.